The second kappa shape index (κ2) is 18.3. The number of halogens is 1. The van der Waals surface area contributed by atoms with Crippen molar-refractivity contribution in [2.75, 3.05) is 11.9 Å². The molecule has 1 heterocycles. The predicted octanol–water partition coefficient (Wildman–Crippen LogP) is 7.49. The number of carbonyl (C=O) groups excluding carboxylic acids is 5. The van der Waals surface area contributed by atoms with Crippen LogP contribution in [0.25, 0.3) is 0 Å². The van der Waals surface area contributed by atoms with E-state index in [0.29, 0.717) is 29.7 Å². The summed E-state index contributed by atoms with van der Waals surface area (Å²) in [5, 5.41) is 2.43. The summed E-state index contributed by atoms with van der Waals surface area (Å²) in [6.45, 7) is 10.2. The third kappa shape index (κ3) is 9.91. The number of nitrogens with zero attached hydrogens (tertiary/aromatic N) is 2. The van der Waals surface area contributed by atoms with Crippen molar-refractivity contribution < 1.29 is 33.4 Å². The fourth-order valence-corrected chi connectivity index (χ4v) is 6.01. The lowest BCUT2D eigenvalue weighted by Crippen LogP contribution is -2.71. The van der Waals surface area contributed by atoms with Crippen molar-refractivity contribution in [1.82, 2.24) is 9.80 Å². The maximum atomic E-state index is 14.8. The molecule has 268 valence electrons. The molecule has 0 bridgehead atoms. The molecule has 3 rings (SSSR count). The number of hydrogen-bond acceptors (Lipinski definition) is 7. The van der Waals surface area contributed by atoms with Crippen molar-refractivity contribution in [1.29, 1.82) is 0 Å². The summed E-state index contributed by atoms with van der Waals surface area (Å²) in [5.74, 6) is -4.44. The van der Waals surface area contributed by atoms with Gasteiger partial charge in [0.25, 0.3) is 17.4 Å². The first kappa shape index (κ1) is 39.7. The van der Waals surface area contributed by atoms with Crippen LogP contribution in [0.4, 0.5) is 10.5 Å². The maximum Gasteiger partial charge on any atom is 0.350 e. The molecule has 4 atom stereocenters. The highest BCUT2D eigenvalue weighted by Crippen LogP contribution is 2.37. The van der Waals surface area contributed by atoms with E-state index in [1.54, 1.807) is 61.5 Å². The molecule has 1 saturated heterocycles. The van der Waals surface area contributed by atoms with Gasteiger partial charge < -0.3 is 14.8 Å². The molecule has 2 aromatic rings. The highest BCUT2D eigenvalue weighted by atomic mass is 35.5. The Morgan fingerprint density at radius 1 is 0.878 bits per heavy atom. The van der Waals surface area contributed by atoms with Crippen molar-refractivity contribution in [2.24, 2.45) is 5.41 Å². The van der Waals surface area contributed by atoms with Crippen molar-refractivity contribution >= 4 is 46.9 Å². The number of alkyl halides is 1. The maximum absolute atomic E-state index is 14.8. The summed E-state index contributed by atoms with van der Waals surface area (Å²) in [7, 11) is 0. The Morgan fingerprint density at radius 3 is 2.06 bits per heavy atom. The molecule has 0 saturated carbocycles. The minimum atomic E-state index is -3.02. The zero-order valence-electron chi connectivity index (χ0n) is 29.7. The summed E-state index contributed by atoms with van der Waals surface area (Å²) in [6, 6.07) is 16.1. The summed E-state index contributed by atoms with van der Waals surface area (Å²) < 4.78 is 11.9. The predicted molar refractivity (Wildman–Crippen MR) is 190 cm³/mol. The van der Waals surface area contributed by atoms with E-state index in [2.05, 4.69) is 12.2 Å². The number of rotatable bonds is 19. The van der Waals surface area contributed by atoms with E-state index in [4.69, 9.17) is 21.1 Å². The van der Waals surface area contributed by atoms with Crippen LogP contribution in [0.2, 0.25) is 0 Å². The zero-order valence-corrected chi connectivity index (χ0v) is 30.5. The quantitative estimate of drug-likeness (QED) is 0.0531. The number of ether oxygens (including phenoxy) is 2. The SMILES string of the molecule is CCCCCCCC(CCC(C)Cl)OC(=O)C(C(=O)Nc1ccccc1)(C(=O)C(C)(C)C)N1C(=O)C(OCC)N(Cc2ccccc2)C1=O. The van der Waals surface area contributed by atoms with Gasteiger partial charge in [0.1, 0.15) is 6.10 Å². The van der Waals surface area contributed by atoms with Crippen LogP contribution in [0.5, 0.6) is 0 Å². The molecule has 0 aromatic heterocycles. The topological polar surface area (TPSA) is 122 Å². The van der Waals surface area contributed by atoms with Gasteiger partial charge in [-0.25, -0.2) is 14.5 Å². The lowest BCUT2D eigenvalue weighted by Gasteiger charge is -2.39. The third-order valence-electron chi connectivity index (χ3n) is 8.46. The molecular formula is C38H52ClN3O7. The lowest BCUT2D eigenvalue weighted by molar-refractivity contribution is -0.175. The van der Waals surface area contributed by atoms with E-state index in [1.807, 2.05) is 13.0 Å². The number of unbranched alkanes of at least 4 members (excludes halogenated alkanes) is 4. The summed E-state index contributed by atoms with van der Waals surface area (Å²) in [4.78, 5) is 74.8. The number of imide groups is 1. The standard InChI is InChI=1S/C38H52ClN3O7/c1-7-9-10-11-18-23-30(25-24-27(3)39)49-35(46)38(33(44)37(4,5)6,34(45)40-29-21-16-13-17-22-29)42-31(43)32(48-8-2)41(36(42)47)26-28-19-14-12-15-20-28/h12-17,19-22,27,30,32H,7-11,18,23-26H2,1-6H3,(H,40,45). The van der Waals surface area contributed by atoms with Gasteiger partial charge in [0, 0.05) is 23.1 Å². The first-order valence-electron chi connectivity index (χ1n) is 17.4. The lowest BCUT2D eigenvalue weighted by atomic mass is 9.76. The van der Waals surface area contributed by atoms with E-state index >= 15 is 0 Å². The Labute approximate surface area is 295 Å². The molecular weight excluding hydrogens is 646 g/mol. The molecule has 0 aliphatic carbocycles. The molecule has 0 spiro atoms. The summed E-state index contributed by atoms with van der Waals surface area (Å²) >= 11 is 6.30. The van der Waals surface area contributed by atoms with Crippen LogP contribution < -0.4 is 5.32 Å². The molecule has 2 aromatic carbocycles. The minimum Gasteiger partial charge on any atom is -0.460 e. The molecule has 1 aliphatic heterocycles. The zero-order chi connectivity index (χ0) is 36.2. The van der Waals surface area contributed by atoms with Crippen molar-refractivity contribution in [3.05, 3.63) is 66.2 Å². The molecule has 11 heteroatoms. The Balaban J connectivity index is 2.20. The van der Waals surface area contributed by atoms with E-state index in [-0.39, 0.29) is 24.2 Å². The molecule has 4 amide bonds. The Bertz CT molecular complexity index is 1410. The fourth-order valence-electron chi connectivity index (χ4n) is 5.88. The number of anilines is 1. The van der Waals surface area contributed by atoms with Crippen LogP contribution in [-0.2, 0) is 35.2 Å². The van der Waals surface area contributed by atoms with Crippen LogP contribution in [0.15, 0.2) is 60.7 Å². The van der Waals surface area contributed by atoms with Crippen LogP contribution >= 0.6 is 11.6 Å². The van der Waals surface area contributed by atoms with E-state index in [9.17, 15) is 24.0 Å². The Hall–Kier alpha value is -3.76. The van der Waals surface area contributed by atoms with Gasteiger partial charge in [-0.3, -0.25) is 19.3 Å². The van der Waals surface area contributed by atoms with Gasteiger partial charge in [0.2, 0.25) is 6.23 Å². The fraction of sp³-hybridized carbons (Fsp3) is 0.553. The Morgan fingerprint density at radius 2 is 1.49 bits per heavy atom. The largest absolute Gasteiger partial charge is 0.460 e. The van der Waals surface area contributed by atoms with Crippen LogP contribution in [0.3, 0.4) is 0 Å². The first-order chi connectivity index (χ1) is 23.3. The molecule has 1 aliphatic rings. The number of carbonyl (C=O) groups is 5. The molecule has 1 N–H and O–H groups in total. The molecule has 0 radical (unpaired) electrons. The van der Waals surface area contributed by atoms with Crippen molar-refractivity contribution in [3.8, 4) is 0 Å². The number of nitrogens with one attached hydrogen (secondary N) is 1. The molecule has 1 fully saturated rings. The van der Waals surface area contributed by atoms with E-state index < -0.39 is 52.9 Å². The normalized spacial score (nSPS) is 17.4. The number of amides is 4. The van der Waals surface area contributed by atoms with Gasteiger partial charge in [-0.1, -0.05) is 102 Å². The van der Waals surface area contributed by atoms with Gasteiger partial charge >= 0.3 is 12.0 Å². The van der Waals surface area contributed by atoms with Crippen molar-refractivity contribution in [3.63, 3.8) is 0 Å². The average Bonchev–Trinajstić information content (AvgIpc) is 3.28. The summed E-state index contributed by atoms with van der Waals surface area (Å²) in [6.07, 6.45) is 3.93. The van der Waals surface area contributed by atoms with Gasteiger partial charge in [0.15, 0.2) is 5.78 Å². The summed E-state index contributed by atoms with van der Waals surface area (Å²) in [5.41, 5.74) is -3.47. The Kier molecular flexibility index (Phi) is 14.8. The van der Waals surface area contributed by atoms with Gasteiger partial charge in [-0.15, -0.1) is 11.6 Å². The van der Waals surface area contributed by atoms with Crippen LogP contribution in [0.1, 0.15) is 98.5 Å². The second-order valence-corrected chi connectivity index (χ2v) is 14.3. The number of urea groups is 1. The number of esters is 1. The third-order valence-corrected chi connectivity index (χ3v) is 8.68. The number of benzene rings is 2. The van der Waals surface area contributed by atoms with Crippen LogP contribution in [0, 0.1) is 5.41 Å². The second-order valence-electron chi connectivity index (χ2n) is 13.6. The highest BCUT2D eigenvalue weighted by molar-refractivity contribution is 6.35. The average molecular weight is 698 g/mol. The van der Waals surface area contributed by atoms with Gasteiger partial charge in [-0.05, 0) is 57.2 Å². The number of ketones is 1. The van der Waals surface area contributed by atoms with Crippen molar-refractivity contribution in [2.45, 2.75) is 123 Å². The number of para-hydroxylation sites is 1. The highest BCUT2D eigenvalue weighted by Gasteiger charge is 2.69. The molecule has 49 heavy (non-hydrogen) atoms. The molecule has 4 unspecified atom stereocenters. The number of Topliss-reactive ketones (excluding diaryl/α,β-unsaturated/α-hetero) is 1. The smallest absolute Gasteiger partial charge is 0.350 e. The molecule has 10 nitrogen and oxygen atoms in total. The van der Waals surface area contributed by atoms with Crippen LogP contribution in [-0.4, -0.2) is 69.3 Å². The minimum absolute atomic E-state index is 0.0421. The van der Waals surface area contributed by atoms with E-state index in [0.717, 1.165) is 37.0 Å². The van der Waals surface area contributed by atoms with E-state index in [1.165, 1.54) is 20.8 Å². The van der Waals surface area contributed by atoms with Gasteiger partial charge in [0.05, 0.1) is 6.54 Å². The number of hydrogen-bond donors (Lipinski definition) is 1. The first-order valence-corrected chi connectivity index (χ1v) is 17.8. The van der Waals surface area contributed by atoms with Gasteiger partial charge in [-0.2, -0.15) is 0 Å². The monoisotopic (exact) mass is 697 g/mol.